The molecule has 2 aliphatic rings. The number of carbonyl (C=O) groups is 2. The maximum absolute atomic E-state index is 13.3. The van der Waals surface area contributed by atoms with Gasteiger partial charge in [0.1, 0.15) is 30.9 Å². The fraction of sp³-hybridized carbons (Fsp3) is 0.760. The van der Waals surface area contributed by atoms with Crippen LogP contribution in [0.25, 0.3) is 0 Å². The number of esters is 2. The van der Waals surface area contributed by atoms with Crippen molar-refractivity contribution in [3.63, 3.8) is 0 Å². The molecule has 418 valence electrons. The molecule has 1 fully saturated rings. The first kappa shape index (κ1) is 64.1. The molecule has 2 aliphatic heterocycles. The summed E-state index contributed by atoms with van der Waals surface area (Å²) in [4.78, 5) is 64.1. The fourth-order valence-electron chi connectivity index (χ4n) is 8.52. The number of rotatable bonds is 24. The predicted octanol–water partition coefficient (Wildman–Crippen LogP) is 7.16. The number of aliphatic hydroxyl groups excluding tert-OH is 5. The molecule has 0 spiro atoms. The van der Waals surface area contributed by atoms with Crippen LogP contribution in [0, 0.1) is 11.8 Å². The first-order chi connectivity index (χ1) is 34.9. The first-order valence-corrected chi connectivity index (χ1v) is 29.2. The maximum Gasteiger partial charge on any atom is 0.481 e. The second-order valence-electron chi connectivity index (χ2n) is 19.0. The summed E-state index contributed by atoms with van der Waals surface area (Å²) in [7, 11) is -11.3. The van der Waals surface area contributed by atoms with Crippen LogP contribution in [0.1, 0.15) is 168 Å². The third kappa shape index (κ3) is 26.0. The van der Waals surface area contributed by atoms with Gasteiger partial charge in [-0.3, -0.25) is 23.2 Å². The summed E-state index contributed by atoms with van der Waals surface area (Å²) < 4.78 is 59.0. The van der Waals surface area contributed by atoms with E-state index >= 15 is 0 Å². The zero-order chi connectivity index (χ0) is 53.7. The number of phosphoric ester groups is 2. The van der Waals surface area contributed by atoms with Crippen molar-refractivity contribution in [3.05, 3.63) is 59.2 Å². The number of allylic oxidation sites excluding steroid dienone is 4. The summed E-state index contributed by atoms with van der Waals surface area (Å²) in [6.07, 6.45) is 15.0. The molecule has 73 heavy (non-hydrogen) atoms. The van der Waals surface area contributed by atoms with E-state index in [9.17, 15) is 58.8 Å². The van der Waals surface area contributed by atoms with Crippen LogP contribution in [0.15, 0.2) is 53.5 Å². The Labute approximate surface area is 430 Å². The van der Waals surface area contributed by atoms with Gasteiger partial charge in [-0.25, -0.2) is 13.9 Å². The molecule has 1 aromatic heterocycles. The van der Waals surface area contributed by atoms with Crippen molar-refractivity contribution < 1.29 is 81.6 Å². The molecule has 2 bridgehead atoms. The number of fused-ring (bicyclic) bond motifs is 3. The van der Waals surface area contributed by atoms with Gasteiger partial charge in [-0.2, -0.15) is 9.29 Å². The van der Waals surface area contributed by atoms with Gasteiger partial charge in [0.05, 0.1) is 37.6 Å². The SMILES string of the molecule is CCCCCC/C=C\CCCCCCCCCC(=O)OC[C@@H]1COP(=O)(O)OP(=O)(O)OC[C@H]2O[C@@H](n3ccc(N)nc3=O)[C@@H](CC=CCCCC(=O)O1)[C@@H](O)C[C@@H](O)[C@H](C=C[C@@H](O)CCCCC)[C@H](O)[C@@H]2O. The van der Waals surface area contributed by atoms with E-state index in [1.54, 1.807) is 12.2 Å². The summed E-state index contributed by atoms with van der Waals surface area (Å²) in [6, 6.07) is 1.24. The van der Waals surface area contributed by atoms with Crippen LogP contribution in [-0.2, 0) is 46.3 Å². The Morgan fingerprint density at radius 2 is 1.49 bits per heavy atom. The highest BCUT2D eigenvalue weighted by molar-refractivity contribution is 7.61. The summed E-state index contributed by atoms with van der Waals surface area (Å²) in [5.74, 6) is -4.14. The number of phosphoric acid groups is 2. The van der Waals surface area contributed by atoms with Crippen LogP contribution in [0.5, 0.6) is 0 Å². The molecule has 0 amide bonds. The Kier molecular flexibility index (Phi) is 31.0. The lowest BCUT2D eigenvalue weighted by atomic mass is 9.82. The van der Waals surface area contributed by atoms with Gasteiger partial charge in [0, 0.05) is 37.3 Å². The van der Waals surface area contributed by atoms with Crippen molar-refractivity contribution in [2.45, 2.75) is 210 Å². The molecular formula is C50H85N3O18P2. The molecule has 12 atom stereocenters. The van der Waals surface area contributed by atoms with Gasteiger partial charge >= 0.3 is 33.3 Å². The number of cyclic esters (lactones) is 1. The number of hydrogen-bond donors (Lipinski definition) is 8. The van der Waals surface area contributed by atoms with Gasteiger partial charge in [0.2, 0.25) is 0 Å². The zero-order valence-electron chi connectivity index (χ0n) is 42.8. The average molecular weight is 1080 g/mol. The number of nitrogens with two attached hydrogens (primary N) is 1. The Balaban J connectivity index is 1.77. The molecule has 0 radical (unpaired) electrons. The number of carbonyl (C=O) groups excluding carboxylic acids is 2. The molecule has 1 aromatic rings. The lowest BCUT2D eigenvalue weighted by Gasteiger charge is -2.40. The number of nitrogens with zero attached hydrogens (tertiary/aromatic N) is 2. The molecule has 21 nitrogen and oxygen atoms in total. The van der Waals surface area contributed by atoms with Gasteiger partial charge in [-0.1, -0.05) is 121 Å². The highest BCUT2D eigenvalue weighted by Crippen LogP contribution is 2.60. The number of nitrogen functional groups attached to an aromatic ring is 1. The second-order valence-corrected chi connectivity index (χ2v) is 22.0. The van der Waals surface area contributed by atoms with E-state index < -0.39 is 120 Å². The first-order valence-electron chi connectivity index (χ1n) is 26.3. The van der Waals surface area contributed by atoms with E-state index in [1.165, 1.54) is 50.1 Å². The molecule has 3 heterocycles. The maximum atomic E-state index is 13.3. The van der Waals surface area contributed by atoms with Gasteiger partial charge in [0.25, 0.3) is 0 Å². The van der Waals surface area contributed by atoms with Crippen molar-refractivity contribution in [2.75, 3.05) is 25.6 Å². The topological polar surface area (TPSA) is 326 Å². The summed E-state index contributed by atoms with van der Waals surface area (Å²) in [5.41, 5.74) is 4.78. The average Bonchev–Trinajstić information content (AvgIpc) is 3.33. The summed E-state index contributed by atoms with van der Waals surface area (Å²) >= 11 is 0. The second kappa shape index (κ2) is 35.2. The lowest BCUT2D eigenvalue weighted by molar-refractivity contribution is -0.194. The van der Waals surface area contributed by atoms with Crippen molar-refractivity contribution in [1.29, 1.82) is 0 Å². The minimum absolute atomic E-state index is 0.0758. The highest BCUT2D eigenvalue weighted by atomic mass is 31.3. The number of unbranched alkanes of at least 4 members (excludes halogenated alkanes) is 13. The summed E-state index contributed by atoms with van der Waals surface area (Å²) in [5, 5.41) is 57.4. The van der Waals surface area contributed by atoms with Crippen molar-refractivity contribution >= 4 is 33.4 Å². The van der Waals surface area contributed by atoms with E-state index in [2.05, 4.69) is 28.4 Å². The molecule has 1 saturated heterocycles. The number of anilines is 1. The quantitative estimate of drug-likeness (QED) is 0.0220. The monoisotopic (exact) mass is 1080 g/mol. The van der Waals surface area contributed by atoms with Gasteiger partial charge in [0.15, 0.2) is 6.10 Å². The Morgan fingerprint density at radius 1 is 0.863 bits per heavy atom. The normalized spacial score (nSPS) is 30.0. The van der Waals surface area contributed by atoms with Crippen LogP contribution >= 0.6 is 15.6 Å². The van der Waals surface area contributed by atoms with Crippen LogP contribution in [0.4, 0.5) is 5.82 Å². The van der Waals surface area contributed by atoms with E-state index in [4.69, 9.17) is 29.0 Å². The minimum atomic E-state index is -5.70. The highest BCUT2D eigenvalue weighted by Gasteiger charge is 2.45. The van der Waals surface area contributed by atoms with Crippen LogP contribution < -0.4 is 11.4 Å². The molecule has 3 rings (SSSR count). The Morgan fingerprint density at radius 3 is 2.16 bits per heavy atom. The third-order valence-corrected chi connectivity index (χ3v) is 15.3. The molecule has 9 N–H and O–H groups in total. The standard InChI is InChI=1S/C50H85N3O18P2/c1-3-5-7-8-9-10-11-12-13-14-15-16-17-18-23-27-45(57)66-34-38-35-67-72(62,63)71-73(64,65)68-36-43-48(60)47(59)39(30-29-37(54)25-21-6-4-2)41(55)33-42(56)40(26-22-19-20-24-28-46(58)69-38)49(70-43)53-32-31-44(51)52-50(53)61/h10-11,19,22,29-32,37-43,47-49,54-56,59-60H,3-9,12-18,20-21,23-28,33-36H2,1-2H3,(H,62,63)(H,64,65)(H2,51,52,61)/b11-10-,22-19?,30-29?/t37-,38+,39-,40-,41+,42-,43+,47-,48+,49+/m0/s1. The van der Waals surface area contributed by atoms with E-state index in [1.807, 2.05) is 6.92 Å². The molecule has 2 unspecified atom stereocenters. The van der Waals surface area contributed by atoms with E-state index in [0.717, 1.165) is 68.8 Å². The lowest BCUT2D eigenvalue weighted by Crippen LogP contribution is -2.52. The molecule has 0 aromatic carbocycles. The van der Waals surface area contributed by atoms with Crippen LogP contribution in [0.2, 0.25) is 0 Å². The van der Waals surface area contributed by atoms with Gasteiger partial charge in [-0.05, 0) is 63.9 Å². The fourth-order valence-corrected chi connectivity index (χ4v) is 10.6. The Bertz CT molecular complexity index is 1990. The minimum Gasteiger partial charge on any atom is -0.462 e. The largest absolute Gasteiger partial charge is 0.481 e. The van der Waals surface area contributed by atoms with Crippen LogP contribution in [0.3, 0.4) is 0 Å². The molecule has 0 aliphatic carbocycles. The van der Waals surface area contributed by atoms with Crippen molar-refractivity contribution in [1.82, 2.24) is 9.55 Å². The number of ether oxygens (including phenoxy) is 3. The number of hydrogen-bond acceptors (Lipinski definition) is 18. The third-order valence-electron chi connectivity index (χ3n) is 12.7. The predicted molar refractivity (Wildman–Crippen MR) is 272 cm³/mol. The van der Waals surface area contributed by atoms with Crippen molar-refractivity contribution in [2.24, 2.45) is 11.8 Å². The van der Waals surface area contributed by atoms with E-state index in [0.29, 0.717) is 19.3 Å². The van der Waals surface area contributed by atoms with Crippen LogP contribution in [-0.4, -0.2) is 119 Å². The smallest absolute Gasteiger partial charge is 0.462 e. The van der Waals surface area contributed by atoms with Gasteiger partial charge in [-0.15, -0.1) is 0 Å². The molecule has 23 heteroatoms. The Hall–Kier alpha value is -3.14. The van der Waals surface area contributed by atoms with Crippen molar-refractivity contribution in [3.8, 4) is 0 Å². The molecular weight excluding hydrogens is 993 g/mol. The number of aliphatic hydroxyl groups is 5. The molecule has 0 saturated carbocycles. The summed E-state index contributed by atoms with van der Waals surface area (Å²) in [6.45, 7) is 1.49. The number of aromatic nitrogens is 2. The van der Waals surface area contributed by atoms with E-state index in [-0.39, 0.29) is 37.9 Å². The zero-order valence-corrected chi connectivity index (χ0v) is 44.6. The van der Waals surface area contributed by atoms with Gasteiger partial charge < -0.3 is 55.3 Å².